The standard InChI is InChI=1S/C19H20N2O2/c1-23-17-10-7-15(8-11-17)18-6-4-14-21(18)19(22)12-9-16-5-2-3-13-20-16/h2-3,5,7-13,18H,4,6,14H2,1H3/b12-9+. The van der Waals surface area contributed by atoms with Crippen LogP contribution in [0.15, 0.2) is 54.7 Å². The van der Waals surface area contributed by atoms with Crippen LogP contribution in [0, 0.1) is 0 Å². The molecular weight excluding hydrogens is 288 g/mol. The number of carbonyl (C=O) groups is 1. The summed E-state index contributed by atoms with van der Waals surface area (Å²) in [6.45, 7) is 0.794. The fourth-order valence-electron chi connectivity index (χ4n) is 2.93. The minimum atomic E-state index is 0.0361. The van der Waals surface area contributed by atoms with E-state index in [4.69, 9.17) is 4.74 Å². The van der Waals surface area contributed by atoms with Gasteiger partial charge in [-0.3, -0.25) is 9.78 Å². The molecule has 118 valence electrons. The molecule has 0 bridgehead atoms. The average Bonchev–Trinajstić information content (AvgIpc) is 3.10. The van der Waals surface area contributed by atoms with Crippen LogP contribution in [-0.2, 0) is 4.79 Å². The van der Waals surface area contributed by atoms with Crippen molar-refractivity contribution in [3.8, 4) is 5.75 Å². The first-order chi connectivity index (χ1) is 11.3. The quantitative estimate of drug-likeness (QED) is 0.812. The maximum atomic E-state index is 12.5. The summed E-state index contributed by atoms with van der Waals surface area (Å²) < 4.78 is 5.20. The molecule has 4 nitrogen and oxygen atoms in total. The summed E-state index contributed by atoms with van der Waals surface area (Å²) in [5.41, 5.74) is 1.95. The predicted octanol–water partition coefficient (Wildman–Crippen LogP) is 3.47. The van der Waals surface area contributed by atoms with E-state index in [9.17, 15) is 4.79 Å². The lowest BCUT2D eigenvalue weighted by Crippen LogP contribution is -2.28. The first-order valence-corrected chi connectivity index (χ1v) is 7.81. The third-order valence-corrected chi connectivity index (χ3v) is 4.12. The zero-order valence-corrected chi connectivity index (χ0v) is 13.2. The van der Waals surface area contributed by atoms with Crippen LogP contribution in [0.4, 0.5) is 0 Å². The lowest BCUT2D eigenvalue weighted by Gasteiger charge is -2.24. The fourth-order valence-corrected chi connectivity index (χ4v) is 2.93. The van der Waals surface area contributed by atoms with E-state index in [1.807, 2.05) is 47.4 Å². The molecule has 1 aliphatic heterocycles. The van der Waals surface area contributed by atoms with Gasteiger partial charge >= 0.3 is 0 Å². The summed E-state index contributed by atoms with van der Waals surface area (Å²) in [6, 6.07) is 13.8. The number of aromatic nitrogens is 1. The van der Waals surface area contributed by atoms with Gasteiger partial charge in [0.15, 0.2) is 0 Å². The number of rotatable bonds is 4. The topological polar surface area (TPSA) is 42.4 Å². The Balaban J connectivity index is 1.72. The molecule has 23 heavy (non-hydrogen) atoms. The molecule has 1 atom stereocenters. The Hall–Kier alpha value is -2.62. The number of nitrogens with zero attached hydrogens (tertiary/aromatic N) is 2. The third-order valence-electron chi connectivity index (χ3n) is 4.12. The molecule has 2 heterocycles. The van der Waals surface area contributed by atoms with Gasteiger partial charge in [-0.1, -0.05) is 18.2 Å². The second-order valence-electron chi connectivity index (χ2n) is 5.55. The van der Waals surface area contributed by atoms with Gasteiger partial charge in [0.2, 0.25) is 5.91 Å². The number of hydrogen-bond acceptors (Lipinski definition) is 3. The monoisotopic (exact) mass is 308 g/mol. The number of methoxy groups -OCH3 is 1. The summed E-state index contributed by atoms with van der Waals surface area (Å²) in [7, 11) is 1.66. The fraction of sp³-hybridized carbons (Fsp3) is 0.263. The maximum absolute atomic E-state index is 12.5. The van der Waals surface area contributed by atoms with Gasteiger partial charge in [-0.05, 0) is 48.7 Å². The summed E-state index contributed by atoms with van der Waals surface area (Å²) in [6.07, 6.45) is 7.13. The predicted molar refractivity (Wildman–Crippen MR) is 90.0 cm³/mol. The smallest absolute Gasteiger partial charge is 0.247 e. The SMILES string of the molecule is COc1ccc(C2CCCN2C(=O)/C=C/c2ccccn2)cc1. The summed E-state index contributed by atoms with van der Waals surface area (Å²) in [5.74, 6) is 0.869. The van der Waals surface area contributed by atoms with Crippen molar-refractivity contribution < 1.29 is 9.53 Å². The lowest BCUT2D eigenvalue weighted by molar-refractivity contribution is -0.126. The van der Waals surface area contributed by atoms with E-state index in [0.717, 1.165) is 36.4 Å². The first-order valence-electron chi connectivity index (χ1n) is 7.81. The van der Waals surface area contributed by atoms with E-state index >= 15 is 0 Å². The van der Waals surface area contributed by atoms with E-state index in [1.54, 1.807) is 25.5 Å². The number of benzene rings is 1. The summed E-state index contributed by atoms with van der Waals surface area (Å²) in [5, 5.41) is 0. The Labute approximate surface area is 136 Å². The van der Waals surface area contributed by atoms with Gasteiger partial charge in [-0.15, -0.1) is 0 Å². The number of hydrogen-bond donors (Lipinski definition) is 0. The molecule has 1 amide bonds. The van der Waals surface area contributed by atoms with Crippen LogP contribution in [0.2, 0.25) is 0 Å². The third kappa shape index (κ3) is 3.59. The largest absolute Gasteiger partial charge is 0.497 e. The van der Waals surface area contributed by atoms with Crippen molar-refractivity contribution in [2.45, 2.75) is 18.9 Å². The van der Waals surface area contributed by atoms with Gasteiger partial charge in [0, 0.05) is 18.8 Å². The van der Waals surface area contributed by atoms with Crippen molar-refractivity contribution in [1.29, 1.82) is 0 Å². The highest BCUT2D eigenvalue weighted by atomic mass is 16.5. The Bertz CT molecular complexity index is 680. The zero-order valence-electron chi connectivity index (χ0n) is 13.2. The number of carbonyl (C=O) groups excluding carboxylic acids is 1. The molecule has 1 fully saturated rings. The van der Waals surface area contributed by atoms with Crippen LogP contribution in [0.5, 0.6) is 5.75 Å². The highest BCUT2D eigenvalue weighted by Gasteiger charge is 2.28. The molecule has 1 aliphatic rings. The van der Waals surface area contributed by atoms with Gasteiger partial charge < -0.3 is 9.64 Å². The van der Waals surface area contributed by atoms with Crippen LogP contribution >= 0.6 is 0 Å². The summed E-state index contributed by atoms with van der Waals surface area (Å²) >= 11 is 0. The molecule has 3 rings (SSSR count). The van der Waals surface area contributed by atoms with Crippen molar-refractivity contribution in [2.75, 3.05) is 13.7 Å². The van der Waals surface area contributed by atoms with Crippen LogP contribution in [0.1, 0.15) is 30.1 Å². The normalized spacial score (nSPS) is 17.6. The Morgan fingerprint density at radius 1 is 1.26 bits per heavy atom. The second kappa shape index (κ2) is 7.09. The highest BCUT2D eigenvalue weighted by Crippen LogP contribution is 2.32. The molecule has 4 heteroatoms. The zero-order chi connectivity index (χ0) is 16.1. The van der Waals surface area contributed by atoms with Crippen molar-refractivity contribution in [3.63, 3.8) is 0 Å². The van der Waals surface area contributed by atoms with Crippen LogP contribution in [0.25, 0.3) is 6.08 Å². The Morgan fingerprint density at radius 3 is 2.78 bits per heavy atom. The van der Waals surface area contributed by atoms with Crippen molar-refractivity contribution in [3.05, 3.63) is 66.0 Å². The summed E-state index contributed by atoms with van der Waals surface area (Å²) in [4.78, 5) is 18.6. The van der Waals surface area contributed by atoms with Gasteiger partial charge in [-0.25, -0.2) is 0 Å². The molecule has 0 spiro atoms. The Morgan fingerprint density at radius 2 is 2.09 bits per heavy atom. The van der Waals surface area contributed by atoms with Crippen molar-refractivity contribution in [1.82, 2.24) is 9.88 Å². The molecule has 1 unspecified atom stereocenters. The Kier molecular flexibility index (Phi) is 4.71. The second-order valence-corrected chi connectivity index (χ2v) is 5.55. The van der Waals surface area contributed by atoms with Crippen molar-refractivity contribution >= 4 is 12.0 Å². The number of amides is 1. The molecular formula is C19H20N2O2. The van der Waals surface area contributed by atoms with Gasteiger partial charge in [0.1, 0.15) is 5.75 Å². The van der Waals surface area contributed by atoms with Gasteiger partial charge in [-0.2, -0.15) is 0 Å². The number of pyridine rings is 1. The molecule has 0 aliphatic carbocycles. The van der Waals surface area contributed by atoms with E-state index in [-0.39, 0.29) is 11.9 Å². The molecule has 1 aromatic carbocycles. The average molecular weight is 308 g/mol. The van der Waals surface area contributed by atoms with E-state index in [2.05, 4.69) is 4.98 Å². The van der Waals surface area contributed by atoms with Gasteiger partial charge in [0.05, 0.1) is 18.8 Å². The maximum Gasteiger partial charge on any atom is 0.247 e. The molecule has 2 aromatic rings. The molecule has 0 saturated carbocycles. The molecule has 1 aromatic heterocycles. The van der Waals surface area contributed by atoms with E-state index in [1.165, 1.54) is 0 Å². The van der Waals surface area contributed by atoms with Gasteiger partial charge in [0.25, 0.3) is 0 Å². The number of likely N-dealkylation sites (tertiary alicyclic amines) is 1. The van der Waals surface area contributed by atoms with Crippen LogP contribution in [0.3, 0.4) is 0 Å². The first kappa shape index (κ1) is 15.3. The van der Waals surface area contributed by atoms with Crippen LogP contribution < -0.4 is 4.74 Å². The van der Waals surface area contributed by atoms with Crippen LogP contribution in [-0.4, -0.2) is 29.4 Å². The minimum absolute atomic E-state index is 0.0361. The van der Waals surface area contributed by atoms with E-state index in [0.29, 0.717) is 0 Å². The van der Waals surface area contributed by atoms with Crippen molar-refractivity contribution in [2.24, 2.45) is 0 Å². The molecule has 0 N–H and O–H groups in total. The number of ether oxygens (including phenoxy) is 1. The minimum Gasteiger partial charge on any atom is -0.497 e. The molecule has 1 saturated heterocycles. The highest BCUT2D eigenvalue weighted by molar-refractivity contribution is 5.92. The molecule has 0 radical (unpaired) electrons. The van der Waals surface area contributed by atoms with E-state index < -0.39 is 0 Å². The lowest BCUT2D eigenvalue weighted by atomic mass is 10.0.